The zero-order chi connectivity index (χ0) is 14.9. The van der Waals surface area contributed by atoms with Crippen LogP contribution in [0.3, 0.4) is 0 Å². The second kappa shape index (κ2) is 5.28. The molecule has 4 amide bonds. The second-order valence-corrected chi connectivity index (χ2v) is 4.65. The number of benzene rings is 1. The summed E-state index contributed by atoms with van der Waals surface area (Å²) in [6.45, 7) is 1.26. The van der Waals surface area contributed by atoms with Gasteiger partial charge in [-0.05, 0) is 24.6 Å². The summed E-state index contributed by atoms with van der Waals surface area (Å²) in [7, 11) is 1.47. The lowest BCUT2D eigenvalue weighted by Crippen LogP contribution is -2.38. The third-order valence-electron chi connectivity index (χ3n) is 2.93. The number of nitrogens with one attached hydrogen (secondary N) is 1. The van der Waals surface area contributed by atoms with Crippen molar-refractivity contribution in [3.63, 3.8) is 0 Å². The van der Waals surface area contributed by atoms with Crippen LogP contribution in [0.15, 0.2) is 18.2 Å². The highest BCUT2D eigenvalue weighted by Crippen LogP contribution is 2.15. The van der Waals surface area contributed by atoms with Gasteiger partial charge < -0.3 is 10.2 Å². The number of urea groups is 1. The topological polar surface area (TPSA) is 69.7 Å². The molecule has 0 spiro atoms. The minimum atomic E-state index is -0.621. The van der Waals surface area contributed by atoms with Crippen LogP contribution in [0.1, 0.15) is 5.56 Å². The molecule has 1 aliphatic rings. The number of hydrogen-bond acceptors (Lipinski definition) is 3. The number of amides is 4. The van der Waals surface area contributed by atoms with Gasteiger partial charge in [-0.25, -0.2) is 9.18 Å². The lowest BCUT2D eigenvalue weighted by atomic mass is 10.2. The highest BCUT2D eigenvalue weighted by molar-refractivity contribution is 6.06. The summed E-state index contributed by atoms with van der Waals surface area (Å²) in [5.41, 5.74) is 0.750. The molecule has 1 aromatic carbocycles. The third-order valence-corrected chi connectivity index (χ3v) is 2.93. The first-order valence-corrected chi connectivity index (χ1v) is 6.00. The number of halogens is 1. The molecule has 20 heavy (non-hydrogen) atoms. The van der Waals surface area contributed by atoms with Crippen LogP contribution in [0.25, 0.3) is 0 Å². The predicted octanol–water partition coefficient (Wildman–Crippen LogP) is 0.967. The summed E-state index contributed by atoms with van der Waals surface area (Å²) in [6.07, 6.45) is 0. The van der Waals surface area contributed by atoms with E-state index in [2.05, 4.69) is 5.32 Å². The molecule has 0 radical (unpaired) electrons. The van der Waals surface area contributed by atoms with Gasteiger partial charge >= 0.3 is 6.03 Å². The van der Waals surface area contributed by atoms with E-state index in [4.69, 9.17) is 0 Å². The molecule has 2 rings (SSSR count). The Balaban J connectivity index is 2.03. The number of aryl methyl sites for hydroxylation is 1. The van der Waals surface area contributed by atoms with E-state index >= 15 is 0 Å². The van der Waals surface area contributed by atoms with Crippen molar-refractivity contribution in [2.75, 3.05) is 25.5 Å². The van der Waals surface area contributed by atoms with E-state index in [1.807, 2.05) is 0 Å². The van der Waals surface area contributed by atoms with E-state index in [1.54, 1.807) is 13.0 Å². The minimum Gasteiger partial charge on any atom is -0.322 e. The maximum atomic E-state index is 13.6. The SMILES string of the molecule is Cc1ccc(NC(=O)CN2C(=O)CN(C)C2=O)c(F)c1. The van der Waals surface area contributed by atoms with E-state index in [-0.39, 0.29) is 12.2 Å². The van der Waals surface area contributed by atoms with Crippen molar-refractivity contribution in [2.45, 2.75) is 6.92 Å². The fourth-order valence-electron chi connectivity index (χ4n) is 1.88. The van der Waals surface area contributed by atoms with Crippen molar-refractivity contribution in [1.29, 1.82) is 0 Å². The zero-order valence-corrected chi connectivity index (χ0v) is 11.1. The normalized spacial score (nSPS) is 14.9. The highest BCUT2D eigenvalue weighted by atomic mass is 19.1. The van der Waals surface area contributed by atoms with Crippen molar-refractivity contribution in [3.8, 4) is 0 Å². The van der Waals surface area contributed by atoms with Gasteiger partial charge in [0.15, 0.2) is 0 Å². The molecule has 0 unspecified atom stereocenters. The Labute approximate surface area is 115 Å². The molecular weight excluding hydrogens is 265 g/mol. The van der Waals surface area contributed by atoms with Crippen molar-refractivity contribution in [1.82, 2.24) is 9.80 Å². The van der Waals surface area contributed by atoms with Crippen LogP contribution in [-0.4, -0.2) is 47.8 Å². The van der Waals surface area contributed by atoms with Crippen LogP contribution >= 0.6 is 0 Å². The highest BCUT2D eigenvalue weighted by Gasteiger charge is 2.34. The number of hydrogen-bond donors (Lipinski definition) is 1. The molecule has 1 fully saturated rings. The number of nitrogens with zero attached hydrogens (tertiary/aromatic N) is 2. The largest absolute Gasteiger partial charge is 0.327 e. The summed E-state index contributed by atoms with van der Waals surface area (Å²) in [5.74, 6) is -1.63. The lowest BCUT2D eigenvalue weighted by Gasteiger charge is -2.14. The Morgan fingerprint density at radius 3 is 2.65 bits per heavy atom. The Kier molecular flexibility index (Phi) is 3.69. The van der Waals surface area contributed by atoms with Crippen molar-refractivity contribution >= 4 is 23.5 Å². The quantitative estimate of drug-likeness (QED) is 0.838. The van der Waals surface area contributed by atoms with E-state index in [0.717, 1.165) is 10.5 Å². The first-order valence-electron chi connectivity index (χ1n) is 6.00. The fraction of sp³-hybridized carbons (Fsp3) is 0.308. The molecule has 0 aliphatic carbocycles. The standard InChI is InChI=1S/C13H14FN3O3/c1-8-3-4-10(9(14)5-8)15-11(18)6-17-12(19)7-16(2)13(17)20/h3-5H,6-7H2,1-2H3,(H,15,18). The number of imide groups is 1. The van der Waals surface area contributed by atoms with Gasteiger partial charge in [0.05, 0.1) is 5.69 Å². The average molecular weight is 279 g/mol. The van der Waals surface area contributed by atoms with Gasteiger partial charge in [0.1, 0.15) is 18.9 Å². The van der Waals surface area contributed by atoms with Gasteiger partial charge in [0.25, 0.3) is 5.91 Å². The molecule has 1 aliphatic heterocycles. The Bertz CT molecular complexity index is 588. The van der Waals surface area contributed by atoms with Gasteiger partial charge in [-0.15, -0.1) is 0 Å². The van der Waals surface area contributed by atoms with Crippen LogP contribution in [0.5, 0.6) is 0 Å². The monoisotopic (exact) mass is 279 g/mol. The first-order chi connectivity index (χ1) is 9.38. The number of carbonyl (C=O) groups excluding carboxylic acids is 3. The third kappa shape index (κ3) is 2.76. The lowest BCUT2D eigenvalue weighted by molar-refractivity contribution is -0.129. The van der Waals surface area contributed by atoms with Gasteiger partial charge in [0, 0.05) is 7.05 Å². The van der Waals surface area contributed by atoms with Gasteiger partial charge in [-0.1, -0.05) is 6.07 Å². The zero-order valence-electron chi connectivity index (χ0n) is 11.1. The van der Waals surface area contributed by atoms with Crippen molar-refractivity contribution in [3.05, 3.63) is 29.6 Å². The second-order valence-electron chi connectivity index (χ2n) is 4.65. The molecule has 0 bridgehead atoms. The summed E-state index contributed by atoms with van der Waals surface area (Å²) in [6, 6.07) is 3.84. The summed E-state index contributed by atoms with van der Waals surface area (Å²) >= 11 is 0. The number of carbonyl (C=O) groups is 3. The first kappa shape index (κ1) is 14.0. The fourth-order valence-corrected chi connectivity index (χ4v) is 1.88. The minimum absolute atomic E-state index is 0.0213. The van der Waals surface area contributed by atoms with Crippen LogP contribution in [-0.2, 0) is 9.59 Å². The van der Waals surface area contributed by atoms with Crippen molar-refractivity contribution < 1.29 is 18.8 Å². The van der Waals surface area contributed by atoms with Crippen LogP contribution < -0.4 is 5.32 Å². The summed E-state index contributed by atoms with van der Waals surface area (Å²) in [4.78, 5) is 36.9. The molecule has 1 saturated heterocycles. The maximum Gasteiger partial charge on any atom is 0.327 e. The molecule has 1 aromatic rings. The Morgan fingerprint density at radius 1 is 1.40 bits per heavy atom. The van der Waals surface area contributed by atoms with E-state index < -0.39 is 30.2 Å². The van der Waals surface area contributed by atoms with Gasteiger partial charge in [-0.3, -0.25) is 14.5 Å². The molecule has 7 heteroatoms. The average Bonchev–Trinajstić information content (AvgIpc) is 2.60. The molecule has 6 nitrogen and oxygen atoms in total. The van der Waals surface area contributed by atoms with E-state index in [1.165, 1.54) is 24.1 Å². The smallest absolute Gasteiger partial charge is 0.322 e. The molecule has 0 atom stereocenters. The van der Waals surface area contributed by atoms with Crippen molar-refractivity contribution in [2.24, 2.45) is 0 Å². The molecule has 0 saturated carbocycles. The molecular formula is C13H14FN3O3. The van der Waals surface area contributed by atoms with Crippen LogP contribution in [0.4, 0.5) is 14.9 Å². The molecule has 106 valence electrons. The van der Waals surface area contributed by atoms with E-state index in [9.17, 15) is 18.8 Å². The van der Waals surface area contributed by atoms with E-state index in [0.29, 0.717) is 0 Å². The molecule has 1 heterocycles. The molecule has 1 N–H and O–H groups in total. The number of anilines is 1. The van der Waals surface area contributed by atoms with Gasteiger partial charge in [0.2, 0.25) is 5.91 Å². The summed E-state index contributed by atoms with van der Waals surface area (Å²) in [5, 5.41) is 2.34. The predicted molar refractivity (Wildman–Crippen MR) is 69.5 cm³/mol. The Hall–Kier alpha value is -2.44. The molecule has 0 aromatic heterocycles. The number of likely N-dealkylation sites (N-methyl/N-ethyl adjacent to an activating group) is 1. The summed E-state index contributed by atoms with van der Waals surface area (Å²) < 4.78 is 13.6. The Morgan fingerprint density at radius 2 is 2.10 bits per heavy atom. The van der Waals surface area contributed by atoms with Gasteiger partial charge in [-0.2, -0.15) is 0 Å². The number of rotatable bonds is 3. The maximum absolute atomic E-state index is 13.6. The van der Waals surface area contributed by atoms with Crippen LogP contribution in [0.2, 0.25) is 0 Å². The van der Waals surface area contributed by atoms with Crippen LogP contribution in [0, 0.1) is 12.7 Å².